The van der Waals surface area contributed by atoms with Gasteiger partial charge in [0, 0.05) is 5.56 Å². The summed E-state index contributed by atoms with van der Waals surface area (Å²) < 4.78 is 0. The fourth-order valence-corrected chi connectivity index (χ4v) is 1.56. The molecular weight excluding hydrogens is 190 g/mol. The molecule has 0 amide bonds. The molecule has 4 nitrogen and oxygen atoms in total. The Morgan fingerprint density at radius 3 is 2.87 bits per heavy atom. The summed E-state index contributed by atoms with van der Waals surface area (Å²) in [4.78, 5) is 18.4. The molecule has 0 saturated heterocycles. The third-order valence-electron chi connectivity index (χ3n) is 2.27. The van der Waals surface area contributed by atoms with Gasteiger partial charge in [-0.2, -0.15) is 0 Å². The minimum atomic E-state index is -0.0194. The van der Waals surface area contributed by atoms with Crippen LogP contribution in [0, 0.1) is 5.92 Å². The van der Waals surface area contributed by atoms with Crippen molar-refractivity contribution in [2.24, 2.45) is 11.7 Å². The summed E-state index contributed by atoms with van der Waals surface area (Å²) in [5.41, 5.74) is 7.15. The third-order valence-corrected chi connectivity index (χ3v) is 2.27. The molecule has 0 unspecified atom stereocenters. The Kier molecular flexibility index (Phi) is 4.49. The average molecular weight is 209 g/mol. The van der Waals surface area contributed by atoms with Crippen LogP contribution in [0.5, 0.6) is 0 Å². The smallest absolute Gasteiger partial charge is 0.254 e. The first kappa shape index (κ1) is 11.9. The second-order valence-electron chi connectivity index (χ2n) is 4.15. The second kappa shape index (κ2) is 5.66. The standard InChI is InChI=1S/C11H19N3O/c1-8(2)6-10-9(4-3-5-12)11(15)14-7-13-10/h7-8H,3-6,12H2,1-2H3,(H,13,14,15). The zero-order valence-corrected chi connectivity index (χ0v) is 9.42. The summed E-state index contributed by atoms with van der Waals surface area (Å²) in [6.45, 7) is 4.85. The maximum absolute atomic E-state index is 11.6. The van der Waals surface area contributed by atoms with E-state index in [-0.39, 0.29) is 5.56 Å². The number of rotatable bonds is 5. The van der Waals surface area contributed by atoms with Gasteiger partial charge in [-0.3, -0.25) is 4.79 Å². The number of aromatic nitrogens is 2. The number of nitrogens with two attached hydrogens (primary N) is 1. The van der Waals surface area contributed by atoms with Crippen molar-refractivity contribution in [3.05, 3.63) is 27.9 Å². The lowest BCUT2D eigenvalue weighted by Crippen LogP contribution is -2.19. The third kappa shape index (κ3) is 3.47. The van der Waals surface area contributed by atoms with Crippen LogP contribution in [-0.2, 0) is 12.8 Å². The Morgan fingerprint density at radius 1 is 1.53 bits per heavy atom. The molecule has 1 rings (SSSR count). The van der Waals surface area contributed by atoms with Gasteiger partial charge in [-0.15, -0.1) is 0 Å². The highest BCUT2D eigenvalue weighted by molar-refractivity contribution is 5.16. The largest absolute Gasteiger partial charge is 0.330 e. The molecule has 0 atom stereocenters. The molecule has 15 heavy (non-hydrogen) atoms. The van der Waals surface area contributed by atoms with Gasteiger partial charge >= 0.3 is 0 Å². The first-order chi connectivity index (χ1) is 7.15. The van der Waals surface area contributed by atoms with E-state index in [1.807, 2.05) is 0 Å². The number of nitrogens with zero attached hydrogens (tertiary/aromatic N) is 1. The van der Waals surface area contributed by atoms with Gasteiger partial charge in [-0.25, -0.2) is 4.98 Å². The van der Waals surface area contributed by atoms with Gasteiger partial charge in [0.2, 0.25) is 0 Å². The summed E-state index contributed by atoms with van der Waals surface area (Å²) in [6, 6.07) is 0. The molecule has 84 valence electrons. The fourth-order valence-electron chi connectivity index (χ4n) is 1.56. The maximum Gasteiger partial charge on any atom is 0.254 e. The first-order valence-corrected chi connectivity index (χ1v) is 5.40. The summed E-state index contributed by atoms with van der Waals surface area (Å²) >= 11 is 0. The van der Waals surface area contributed by atoms with Crippen molar-refractivity contribution in [3.8, 4) is 0 Å². The maximum atomic E-state index is 11.6. The van der Waals surface area contributed by atoms with E-state index in [1.54, 1.807) is 0 Å². The van der Waals surface area contributed by atoms with Crippen LogP contribution in [0.25, 0.3) is 0 Å². The molecule has 4 heteroatoms. The fraction of sp³-hybridized carbons (Fsp3) is 0.636. The van der Waals surface area contributed by atoms with E-state index in [9.17, 15) is 4.79 Å². The predicted molar refractivity (Wildman–Crippen MR) is 60.8 cm³/mol. The molecule has 0 aliphatic rings. The van der Waals surface area contributed by atoms with Crippen molar-refractivity contribution in [2.45, 2.75) is 33.1 Å². The predicted octanol–water partition coefficient (Wildman–Crippen LogP) is 0.860. The summed E-state index contributed by atoms with van der Waals surface area (Å²) in [5.74, 6) is 0.510. The Labute approximate surface area is 89.9 Å². The lowest BCUT2D eigenvalue weighted by atomic mass is 10.0. The van der Waals surface area contributed by atoms with Crippen molar-refractivity contribution in [1.29, 1.82) is 0 Å². The van der Waals surface area contributed by atoms with E-state index in [2.05, 4.69) is 23.8 Å². The van der Waals surface area contributed by atoms with Crippen LogP contribution >= 0.6 is 0 Å². The molecular formula is C11H19N3O. The van der Waals surface area contributed by atoms with E-state index in [0.29, 0.717) is 12.5 Å². The first-order valence-electron chi connectivity index (χ1n) is 5.40. The number of H-pyrrole nitrogens is 1. The van der Waals surface area contributed by atoms with Gasteiger partial charge in [0.15, 0.2) is 0 Å². The molecule has 1 aromatic rings. The topological polar surface area (TPSA) is 71.8 Å². The van der Waals surface area contributed by atoms with E-state index in [0.717, 1.165) is 30.5 Å². The van der Waals surface area contributed by atoms with E-state index in [1.165, 1.54) is 6.33 Å². The van der Waals surface area contributed by atoms with Gasteiger partial charge in [-0.05, 0) is 31.7 Å². The molecule has 3 N–H and O–H groups in total. The normalized spacial score (nSPS) is 10.9. The molecule has 0 aliphatic heterocycles. The van der Waals surface area contributed by atoms with Crippen molar-refractivity contribution < 1.29 is 0 Å². The van der Waals surface area contributed by atoms with Crippen molar-refractivity contribution in [2.75, 3.05) is 6.54 Å². The molecule has 0 aliphatic carbocycles. The molecule has 1 aromatic heterocycles. The highest BCUT2D eigenvalue weighted by Crippen LogP contribution is 2.08. The van der Waals surface area contributed by atoms with Crippen molar-refractivity contribution in [3.63, 3.8) is 0 Å². The number of hydrogen-bond acceptors (Lipinski definition) is 3. The van der Waals surface area contributed by atoms with Crippen LogP contribution in [0.1, 0.15) is 31.5 Å². The van der Waals surface area contributed by atoms with Crippen molar-refractivity contribution in [1.82, 2.24) is 9.97 Å². The number of hydrogen-bond donors (Lipinski definition) is 2. The van der Waals surface area contributed by atoms with Crippen LogP contribution < -0.4 is 11.3 Å². The number of nitrogens with one attached hydrogen (secondary N) is 1. The zero-order valence-electron chi connectivity index (χ0n) is 9.42. The van der Waals surface area contributed by atoms with Gasteiger partial charge in [0.1, 0.15) is 0 Å². The van der Waals surface area contributed by atoms with E-state index in [4.69, 9.17) is 5.73 Å². The Morgan fingerprint density at radius 2 is 2.27 bits per heavy atom. The molecule has 0 aromatic carbocycles. The van der Waals surface area contributed by atoms with Crippen LogP contribution in [0.2, 0.25) is 0 Å². The molecule has 0 fully saturated rings. The SMILES string of the molecule is CC(C)Cc1nc[nH]c(=O)c1CCCN. The highest BCUT2D eigenvalue weighted by atomic mass is 16.1. The van der Waals surface area contributed by atoms with Gasteiger partial charge in [0.25, 0.3) is 5.56 Å². The van der Waals surface area contributed by atoms with Crippen LogP contribution in [0.4, 0.5) is 0 Å². The summed E-state index contributed by atoms with van der Waals surface area (Å²) in [7, 11) is 0. The van der Waals surface area contributed by atoms with Crippen molar-refractivity contribution >= 4 is 0 Å². The molecule has 0 spiro atoms. The minimum absolute atomic E-state index is 0.0194. The van der Waals surface area contributed by atoms with E-state index < -0.39 is 0 Å². The quantitative estimate of drug-likeness (QED) is 0.755. The van der Waals surface area contributed by atoms with Crippen LogP contribution in [-0.4, -0.2) is 16.5 Å². The van der Waals surface area contributed by atoms with Crippen LogP contribution in [0.15, 0.2) is 11.1 Å². The molecule has 0 radical (unpaired) electrons. The second-order valence-corrected chi connectivity index (χ2v) is 4.15. The molecule has 1 heterocycles. The highest BCUT2D eigenvalue weighted by Gasteiger charge is 2.09. The Balaban J connectivity index is 2.92. The lowest BCUT2D eigenvalue weighted by molar-refractivity contribution is 0.623. The van der Waals surface area contributed by atoms with Gasteiger partial charge in [-0.1, -0.05) is 13.8 Å². The molecule has 0 saturated carbocycles. The minimum Gasteiger partial charge on any atom is -0.330 e. The number of aromatic amines is 1. The Bertz CT molecular complexity index is 357. The van der Waals surface area contributed by atoms with E-state index >= 15 is 0 Å². The lowest BCUT2D eigenvalue weighted by Gasteiger charge is -2.08. The summed E-state index contributed by atoms with van der Waals surface area (Å²) in [6.07, 6.45) is 3.89. The summed E-state index contributed by atoms with van der Waals surface area (Å²) in [5, 5.41) is 0. The van der Waals surface area contributed by atoms with Crippen LogP contribution in [0.3, 0.4) is 0 Å². The Hall–Kier alpha value is -1.16. The van der Waals surface area contributed by atoms with Gasteiger partial charge in [0.05, 0.1) is 12.0 Å². The molecule has 0 bridgehead atoms. The van der Waals surface area contributed by atoms with Gasteiger partial charge < -0.3 is 10.7 Å². The zero-order chi connectivity index (χ0) is 11.3. The monoisotopic (exact) mass is 209 g/mol. The average Bonchev–Trinajstić information content (AvgIpc) is 2.16.